The zero-order valence-electron chi connectivity index (χ0n) is 13.1. The Labute approximate surface area is 129 Å². The Bertz CT molecular complexity index is 581. The fourth-order valence-electron chi connectivity index (χ4n) is 3.85. The number of amides is 1. The van der Waals surface area contributed by atoms with Crippen molar-refractivity contribution in [1.29, 1.82) is 0 Å². The first kappa shape index (κ1) is 15.1. The second kappa shape index (κ2) is 5.74. The number of carbonyl (C=O) groups is 2. The largest absolute Gasteiger partial charge is 0.480 e. The molecule has 0 unspecified atom stereocenters. The van der Waals surface area contributed by atoms with Gasteiger partial charge < -0.3 is 10.0 Å². The second-order valence-corrected chi connectivity index (χ2v) is 6.78. The topological polar surface area (TPSA) is 86.3 Å². The molecule has 1 aliphatic heterocycles. The van der Waals surface area contributed by atoms with Gasteiger partial charge in [0.25, 0.3) is 5.91 Å². The number of aliphatic carboxylic acids is 1. The average Bonchev–Trinajstić information content (AvgIpc) is 3.11. The quantitative estimate of drug-likeness (QED) is 0.897. The first-order valence-electron chi connectivity index (χ1n) is 8.09. The number of carbonyl (C=O) groups excluding carboxylic acids is 1. The van der Waals surface area contributed by atoms with Crippen molar-refractivity contribution in [1.82, 2.24) is 15.1 Å². The monoisotopic (exact) mass is 305 g/mol. The molecule has 2 heterocycles. The molecule has 120 valence electrons. The maximum absolute atomic E-state index is 12.8. The van der Waals surface area contributed by atoms with Crippen molar-refractivity contribution in [3.63, 3.8) is 0 Å². The molecule has 22 heavy (non-hydrogen) atoms. The number of nitrogens with zero attached hydrogens (tertiary/aromatic N) is 2. The van der Waals surface area contributed by atoms with Crippen LogP contribution in [-0.4, -0.2) is 44.2 Å². The van der Waals surface area contributed by atoms with Crippen LogP contribution in [0.2, 0.25) is 0 Å². The highest BCUT2D eigenvalue weighted by Gasteiger charge is 2.48. The minimum atomic E-state index is -0.901. The summed E-state index contributed by atoms with van der Waals surface area (Å²) in [4.78, 5) is 26.0. The van der Waals surface area contributed by atoms with E-state index in [4.69, 9.17) is 0 Å². The molecule has 0 bridgehead atoms. The molecule has 1 aromatic rings. The molecule has 1 saturated heterocycles. The van der Waals surface area contributed by atoms with Crippen LogP contribution in [0.3, 0.4) is 0 Å². The van der Waals surface area contributed by atoms with Gasteiger partial charge in [0.15, 0.2) is 0 Å². The predicted octanol–water partition coefficient (Wildman–Crippen LogP) is 2.39. The molecule has 1 aromatic heterocycles. The van der Waals surface area contributed by atoms with E-state index in [0.29, 0.717) is 18.0 Å². The van der Waals surface area contributed by atoms with E-state index in [1.165, 1.54) is 0 Å². The minimum absolute atomic E-state index is 0.0570. The summed E-state index contributed by atoms with van der Waals surface area (Å²) in [5.74, 6) is -0.569. The number of H-pyrrole nitrogens is 1. The molecule has 1 saturated carbocycles. The molecule has 0 aromatic carbocycles. The van der Waals surface area contributed by atoms with E-state index in [2.05, 4.69) is 10.2 Å². The van der Waals surface area contributed by atoms with Crippen LogP contribution in [-0.2, 0) is 4.79 Å². The van der Waals surface area contributed by atoms with Gasteiger partial charge in [-0.25, -0.2) is 4.79 Å². The maximum atomic E-state index is 12.8. The van der Waals surface area contributed by atoms with Crippen molar-refractivity contribution in [2.24, 2.45) is 5.92 Å². The van der Waals surface area contributed by atoms with E-state index in [1.807, 2.05) is 13.8 Å². The average molecular weight is 305 g/mol. The number of aromatic amines is 1. The first-order chi connectivity index (χ1) is 10.5. The van der Waals surface area contributed by atoms with Gasteiger partial charge in [0, 0.05) is 11.7 Å². The fourth-order valence-corrected chi connectivity index (χ4v) is 3.85. The van der Waals surface area contributed by atoms with Gasteiger partial charge in [0.1, 0.15) is 11.7 Å². The van der Waals surface area contributed by atoms with Crippen molar-refractivity contribution in [2.45, 2.75) is 64.0 Å². The van der Waals surface area contributed by atoms with Crippen molar-refractivity contribution < 1.29 is 14.7 Å². The van der Waals surface area contributed by atoms with Gasteiger partial charge in [-0.05, 0) is 37.2 Å². The molecule has 2 N–H and O–H groups in total. The predicted molar refractivity (Wildman–Crippen MR) is 80.6 cm³/mol. The highest BCUT2D eigenvalue weighted by Crippen LogP contribution is 2.40. The van der Waals surface area contributed by atoms with Crippen molar-refractivity contribution in [3.05, 3.63) is 17.5 Å². The minimum Gasteiger partial charge on any atom is -0.480 e. The van der Waals surface area contributed by atoms with Crippen LogP contribution in [0.4, 0.5) is 0 Å². The summed E-state index contributed by atoms with van der Waals surface area (Å²) in [6, 6.07) is 1.10. The highest BCUT2D eigenvalue weighted by molar-refractivity contribution is 5.95. The Morgan fingerprint density at radius 3 is 2.73 bits per heavy atom. The third-order valence-corrected chi connectivity index (χ3v) is 5.05. The fraction of sp³-hybridized carbons (Fsp3) is 0.688. The molecule has 0 spiro atoms. The van der Waals surface area contributed by atoms with Crippen LogP contribution in [0.5, 0.6) is 0 Å². The van der Waals surface area contributed by atoms with Crippen LogP contribution < -0.4 is 0 Å². The van der Waals surface area contributed by atoms with E-state index in [0.717, 1.165) is 31.4 Å². The Hall–Kier alpha value is -1.85. The molecule has 3 rings (SSSR count). The van der Waals surface area contributed by atoms with Crippen LogP contribution >= 0.6 is 0 Å². The van der Waals surface area contributed by atoms with Crippen LogP contribution in [0.1, 0.15) is 68.1 Å². The van der Waals surface area contributed by atoms with Gasteiger partial charge in [-0.1, -0.05) is 26.7 Å². The number of carboxylic acids is 1. The lowest BCUT2D eigenvalue weighted by Crippen LogP contribution is -2.46. The molecule has 2 fully saturated rings. The molecule has 6 heteroatoms. The number of fused-ring (bicyclic) bond motifs is 1. The Kier molecular flexibility index (Phi) is 3.93. The SMILES string of the molecule is CC(C)c1cc(C(=O)N2[C@@H]3CCCC[C@H]3C[C@H]2C(=O)O)n[nH]1. The van der Waals surface area contributed by atoms with E-state index < -0.39 is 12.0 Å². The summed E-state index contributed by atoms with van der Waals surface area (Å²) in [5.41, 5.74) is 1.23. The van der Waals surface area contributed by atoms with E-state index in [9.17, 15) is 14.7 Å². The van der Waals surface area contributed by atoms with Crippen molar-refractivity contribution in [2.75, 3.05) is 0 Å². The molecule has 1 aliphatic carbocycles. The van der Waals surface area contributed by atoms with Gasteiger partial charge in [0.2, 0.25) is 0 Å². The molecule has 0 radical (unpaired) electrons. The second-order valence-electron chi connectivity index (χ2n) is 6.78. The number of nitrogens with one attached hydrogen (secondary N) is 1. The third-order valence-electron chi connectivity index (χ3n) is 5.05. The third kappa shape index (κ3) is 2.51. The summed E-state index contributed by atoms with van der Waals surface area (Å²) in [5, 5.41) is 16.5. The summed E-state index contributed by atoms with van der Waals surface area (Å²) in [7, 11) is 0. The van der Waals surface area contributed by atoms with Crippen LogP contribution in [0.15, 0.2) is 6.07 Å². The van der Waals surface area contributed by atoms with Gasteiger partial charge in [0.05, 0.1) is 0 Å². The molecule has 3 atom stereocenters. The summed E-state index contributed by atoms with van der Waals surface area (Å²) >= 11 is 0. The van der Waals surface area contributed by atoms with Gasteiger partial charge >= 0.3 is 5.97 Å². The molecular weight excluding hydrogens is 282 g/mol. The van der Waals surface area contributed by atoms with Crippen molar-refractivity contribution >= 4 is 11.9 Å². The number of hydrogen-bond donors (Lipinski definition) is 2. The number of carboxylic acid groups (broad SMARTS) is 1. The summed E-state index contributed by atoms with van der Waals surface area (Å²) in [6.07, 6.45) is 4.70. The molecule has 1 amide bonds. The smallest absolute Gasteiger partial charge is 0.326 e. The zero-order chi connectivity index (χ0) is 15.9. The standard InChI is InChI=1S/C16H23N3O3/c1-9(2)11-8-12(18-17-11)15(20)19-13-6-4-3-5-10(13)7-14(19)16(21)22/h8-10,13-14H,3-7H2,1-2H3,(H,17,18)(H,21,22)/t10-,13+,14-/m0/s1. The lowest BCUT2D eigenvalue weighted by Gasteiger charge is -2.32. The lowest BCUT2D eigenvalue weighted by molar-refractivity contribution is -0.141. The van der Waals surface area contributed by atoms with Crippen molar-refractivity contribution in [3.8, 4) is 0 Å². The molecule has 2 aliphatic rings. The highest BCUT2D eigenvalue weighted by atomic mass is 16.4. The summed E-state index contributed by atoms with van der Waals surface area (Å²) < 4.78 is 0. The number of likely N-dealkylation sites (tertiary alicyclic amines) is 1. The number of hydrogen-bond acceptors (Lipinski definition) is 3. The summed E-state index contributed by atoms with van der Waals surface area (Å²) in [6.45, 7) is 4.05. The Morgan fingerprint density at radius 2 is 2.09 bits per heavy atom. The van der Waals surface area contributed by atoms with Gasteiger partial charge in [-0.15, -0.1) is 0 Å². The van der Waals surface area contributed by atoms with Gasteiger partial charge in [-0.2, -0.15) is 5.10 Å². The number of aromatic nitrogens is 2. The Balaban J connectivity index is 1.88. The lowest BCUT2D eigenvalue weighted by atomic mass is 9.84. The van der Waals surface area contributed by atoms with E-state index >= 15 is 0 Å². The zero-order valence-corrected chi connectivity index (χ0v) is 13.1. The maximum Gasteiger partial charge on any atom is 0.326 e. The first-order valence-corrected chi connectivity index (χ1v) is 8.09. The Morgan fingerprint density at radius 1 is 1.36 bits per heavy atom. The van der Waals surface area contributed by atoms with E-state index in [-0.39, 0.29) is 17.9 Å². The van der Waals surface area contributed by atoms with Crippen LogP contribution in [0.25, 0.3) is 0 Å². The van der Waals surface area contributed by atoms with Gasteiger partial charge in [-0.3, -0.25) is 9.89 Å². The van der Waals surface area contributed by atoms with E-state index in [1.54, 1.807) is 11.0 Å². The molecule has 6 nitrogen and oxygen atoms in total. The number of rotatable bonds is 3. The van der Waals surface area contributed by atoms with Crippen LogP contribution in [0, 0.1) is 5.92 Å². The molecular formula is C16H23N3O3. The normalized spacial score (nSPS) is 28.0.